The third-order valence-electron chi connectivity index (χ3n) is 6.25. The van der Waals surface area contributed by atoms with Gasteiger partial charge in [0.2, 0.25) is 5.91 Å². The van der Waals surface area contributed by atoms with Gasteiger partial charge in [-0.05, 0) is 106 Å². The number of ether oxygens (including phenoxy) is 1. The first-order valence-electron chi connectivity index (χ1n) is 13.5. The van der Waals surface area contributed by atoms with Crippen molar-refractivity contribution >= 4 is 12.0 Å². The summed E-state index contributed by atoms with van der Waals surface area (Å²) >= 11 is 0. The van der Waals surface area contributed by atoms with Gasteiger partial charge in [0, 0.05) is 19.2 Å². The second-order valence-corrected chi connectivity index (χ2v) is 9.37. The Bertz CT molecular complexity index is 1030. The molecule has 0 saturated carbocycles. The van der Waals surface area contributed by atoms with Crippen LogP contribution in [0.1, 0.15) is 43.2 Å². The average Bonchev–Trinajstić information content (AvgIpc) is 2.93. The van der Waals surface area contributed by atoms with E-state index in [9.17, 15) is 25.2 Å². The van der Waals surface area contributed by atoms with E-state index in [2.05, 4.69) is 10.6 Å². The van der Waals surface area contributed by atoms with E-state index in [1.807, 2.05) is 0 Å². The molecule has 0 aliphatic heterocycles. The van der Waals surface area contributed by atoms with Crippen LogP contribution in [0, 0.1) is 0 Å². The number of nitrogens with two attached hydrogens (primary N) is 1. The summed E-state index contributed by atoms with van der Waals surface area (Å²) in [4.78, 5) is 14.5. The number of aliphatic hydroxyl groups is 1. The number of hydrogen-bond donors (Lipinski definition) is 7. The number of unbranched alkanes of at least 4 members (excludes halogenated alkanes) is 1. The highest BCUT2D eigenvalue weighted by atomic mass is 16.5. The minimum Gasteiger partial charge on any atom is -0.504 e. The number of phenolic OH excluding ortho intramolecular Hbond substituents is 3. The molecule has 0 aliphatic carbocycles. The zero-order valence-corrected chi connectivity index (χ0v) is 22.8. The van der Waals surface area contributed by atoms with Gasteiger partial charge in [0.1, 0.15) is 6.23 Å². The molecule has 8 N–H and O–H groups in total. The van der Waals surface area contributed by atoms with Crippen LogP contribution >= 0.6 is 0 Å². The van der Waals surface area contributed by atoms with Crippen LogP contribution in [0.15, 0.2) is 42.5 Å². The molecule has 0 saturated heterocycles. The molecule has 0 radical (unpaired) electrons. The number of phenols is 3. The van der Waals surface area contributed by atoms with Gasteiger partial charge in [0.05, 0.1) is 7.11 Å². The van der Waals surface area contributed by atoms with E-state index in [0.29, 0.717) is 50.3 Å². The van der Waals surface area contributed by atoms with Gasteiger partial charge < -0.3 is 41.1 Å². The molecule has 0 aliphatic rings. The van der Waals surface area contributed by atoms with Gasteiger partial charge >= 0.3 is 0 Å². The lowest BCUT2D eigenvalue weighted by atomic mass is 10.1. The van der Waals surface area contributed by atoms with Gasteiger partial charge in [0.15, 0.2) is 23.0 Å². The molecule has 0 fully saturated rings. The Morgan fingerprint density at radius 2 is 1.74 bits per heavy atom. The maximum Gasteiger partial charge on any atom is 0.246 e. The number of aromatic hydroxyl groups is 3. The molecule has 0 bridgehead atoms. The first kappa shape index (κ1) is 31.9. The van der Waals surface area contributed by atoms with Crippen molar-refractivity contribution in [2.24, 2.45) is 5.73 Å². The van der Waals surface area contributed by atoms with Crippen LogP contribution in [0.3, 0.4) is 0 Å². The molecule has 2 aromatic carbocycles. The molecular weight excluding hydrogens is 500 g/mol. The first-order chi connectivity index (χ1) is 18.8. The van der Waals surface area contributed by atoms with Gasteiger partial charge in [-0.3, -0.25) is 10.1 Å². The summed E-state index contributed by atoms with van der Waals surface area (Å²) in [6.07, 6.45) is 7.06. The van der Waals surface area contributed by atoms with Crippen molar-refractivity contribution in [2.75, 3.05) is 46.4 Å². The second kappa shape index (κ2) is 18.1. The number of nitrogens with one attached hydrogen (secondary N) is 2. The lowest BCUT2D eigenvalue weighted by molar-refractivity contribution is -0.126. The molecule has 0 heterocycles. The topological polar surface area (TPSA) is 161 Å². The van der Waals surface area contributed by atoms with E-state index < -0.39 is 6.23 Å². The van der Waals surface area contributed by atoms with Crippen molar-refractivity contribution in [3.63, 3.8) is 0 Å². The molecule has 1 amide bonds. The Labute approximate surface area is 231 Å². The Kier molecular flexibility index (Phi) is 14.8. The highest BCUT2D eigenvalue weighted by molar-refractivity contribution is 5.91. The van der Waals surface area contributed by atoms with Crippen molar-refractivity contribution in [1.29, 1.82) is 0 Å². The van der Waals surface area contributed by atoms with Crippen molar-refractivity contribution in [3.05, 3.63) is 53.6 Å². The van der Waals surface area contributed by atoms with Crippen LogP contribution in [0.5, 0.6) is 23.0 Å². The number of rotatable bonds is 19. The number of methoxy groups -OCH3 is 1. The number of nitrogens with zero attached hydrogens (tertiary/aromatic N) is 1. The molecular formula is C29H44N4O6. The van der Waals surface area contributed by atoms with E-state index in [0.717, 1.165) is 44.3 Å². The maximum absolute atomic E-state index is 12.7. The molecule has 0 unspecified atom stereocenters. The van der Waals surface area contributed by atoms with Crippen LogP contribution in [0.4, 0.5) is 0 Å². The number of benzene rings is 2. The number of aryl methyl sites for hydroxylation is 1. The fraction of sp³-hybridized carbons (Fsp3) is 0.483. The molecule has 0 aromatic heterocycles. The molecule has 0 spiro atoms. The summed E-state index contributed by atoms with van der Waals surface area (Å²) in [5.41, 5.74) is 7.21. The fourth-order valence-electron chi connectivity index (χ4n) is 3.99. The van der Waals surface area contributed by atoms with Gasteiger partial charge in [-0.1, -0.05) is 12.1 Å². The minimum absolute atomic E-state index is 0.0269. The molecule has 2 aromatic rings. The highest BCUT2D eigenvalue weighted by Gasteiger charge is 2.10. The Balaban J connectivity index is 1.59. The summed E-state index contributed by atoms with van der Waals surface area (Å²) in [7, 11) is 1.49. The molecule has 2 rings (SSSR count). The number of amides is 1. The molecule has 10 heteroatoms. The zero-order valence-electron chi connectivity index (χ0n) is 22.8. The van der Waals surface area contributed by atoms with Gasteiger partial charge in [-0.25, -0.2) is 0 Å². The van der Waals surface area contributed by atoms with E-state index in [1.165, 1.54) is 25.3 Å². The quantitative estimate of drug-likeness (QED) is 0.0609. The van der Waals surface area contributed by atoms with Crippen molar-refractivity contribution in [2.45, 2.75) is 44.8 Å². The summed E-state index contributed by atoms with van der Waals surface area (Å²) in [6, 6.07) is 9.66. The monoisotopic (exact) mass is 544 g/mol. The van der Waals surface area contributed by atoms with Gasteiger partial charge in [-0.2, -0.15) is 0 Å². The molecule has 216 valence electrons. The van der Waals surface area contributed by atoms with Gasteiger partial charge in [-0.15, -0.1) is 0 Å². The zero-order chi connectivity index (χ0) is 28.5. The van der Waals surface area contributed by atoms with Crippen molar-refractivity contribution in [1.82, 2.24) is 15.5 Å². The van der Waals surface area contributed by atoms with E-state index in [4.69, 9.17) is 10.5 Å². The van der Waals surface area contributed by atoms with Gasteiger partial charge in [0.25, 0.3) is 0 Å². The predicted molar refractivity (Wildman–Crippen MR) is 153 cm³/mol. The third kappa shape index (κ3) is 12.4. The largest absolute Gasteiger partial charge is 0.504 e. The number of carbonyl (C=O) groups excluding carboxylic acids is 1. The van der Waals surface area contributed by atoms with Crippen molar-refractivity contribution < 1.29 is 30.0 Å². The standard InChI is InChI=1S/C29H44N4O6/c1-39-27-11-7-23(21-26(27)36)9-13-29(38)33(19-4-14-30)18-3-2-15-31-16-5-17-32-28(37)12-8-22-6-10-24(34)25(35)20-22/h6-7,9-11,13,20-21,28,31-32,34-37H,2-5,8,12,14-19,30H2,1H3/b13-9+/t28-/m0/s1. The van der Waals surface area contributed by atoms with Crippen LogP contribution in [-0.2, 0) is 11.2 Å². The maximum atomic E-state index is 12.7. The third-order valence-corrected chi connectivity index (χ3v) is 6.25. The van der Waals surface area contributed by atoms with Crippen LogP contribution in [-0.4, -0.2) is 83.8 Å². The summed E-state index contributed by atoms with van der Waals surface area (Å²) in [5.74, 6) is 0.0230. The average molecular weight is 545 g/mol. The second-order valence-electron chi connectivity index (χ2n) is 9.37. The Morgan fingerprint density at radius 3 is 2.46 bits per heavy atom. The SMILES string of the molecule is COc1ccc(/C=C/C(=O)N(CCCN)CCCCNCCCN[C@@H](O)CCc2ccc(O)c(O)c2)cc1O. The number of hydrogen-bond acceptors (Lipinski definition) is 9. The minimum atomic E-state index is -0.637. The molecule has 1 atom stereocenters. The summed E-state index contributed by atoms with van der Waals surface area (Å²) < 4.78 is 5.05. The molecule has 10 nitrogen and oxygen atoms in total. The number of carbonyl (C=O) groups is 1. The smallest absolute Gasteiger partial charge is 0.246 e. The summed E-state index contributed by atoms with van der Waals surface area (Å²) in [6.45, 7) is 4.10. The highest BCUT2D eigenvalue weighted by Crippen LogP contribution is 2.27. The van der Waals surface area contributed by atoms with E-state index >= 15 is 0 Å². The Hall–Kier alpha value is -3.31. The predicted octanol–water partition coefficient (Wildman–Crippen LogP) is 2.30. The Morgan fingerprint density at radius 1 is 0.974 bits per heavy atom. The van der Waals surface area contributed by atoms with Crippen LogP contribution in [0.25, 0.3) is 6.08 Å². The fourth-order valence-corrected chi connectivity index (χ4v) is 3.99. The first-order valence-corrected chi connectivity index (χ1v) is 13.5. The normalized spacial score (nSPS) is 12.1. The van der Waals surface area contributed by atoms with E-state index in [1.54, 1.807) is 35.2 Å². The lowest BCUT2D eigenvalue weighted by Gasteiger charge is -2.21. The van der Waals surface area contributed by atoms with Crippen molar-refractivity contribution in [3.8, 4) is 23.0 Å². The molecule has 39 heavy (non-hydrogen) atoms. The van der Waals surface area contributed by atoms with E-state index in [-0.39, 0.29) is 23.2 Å². The lowest BCUT2D eigenvalue weighted by Crippen LogP contribution is -2.33. The summed E-state index contributed by atoms with van der Waals surface area (Å²) in [5, 5.41) is 45.4. The number of aliphatic hydroxyl groups excluding tert-OH is 1. The van der Waals surface area contributed by atoms with Crippen LogP contribution < -0.4 is 21.1 Å². The van der Waals surface area contributed by atoms with Crippen LogP contribution in [0.2, 0.25) is 0 Å².